The van der Waals surface area contributed by atoms with Gasteiger partial charge in [-0.25, -0.2) is 14.2 Å². The second-order valence-electron chi connectivity index (χ2n) is 10.4. The molecule has 2 heterocycles. The molecule has 244 valence electrons. The fourth-order valence-corrected chi connectivity index (χ4v) is 3.96. The van der Waals surface area contributed by atoms with Crippen molar-refractivity contribution in [1.82, 2.24) is 19.8 Å². The highest BCUT2D eigenvalue weighted by atomic mass is 32.2. The molecule has 2 aromatic rings. The van der Waals surface area contributed by atoms with Crippen LogP contribution in [0.3, 0.4) is 0 Å². The monoisotopic (exact) mass is 630 g/mol. The van der Waals surface area contributed by atoms with Crippen molar-refractivity contribution in [2.45, 2.75) is 79.5 Å². The average molecular weight is 631 g/mol. The number of imidazole rings is 1. The summed E-state index contributed by atoms with van der Waals surface area (Å²) >= 11 is 1.61. The second kappa shape index (κ2) is 21.8. The molecular formula is C33H51FN6O3S. The number of halogens is 1. The number of ether oxygens (including phenoxy) is 1. The van der Waals surface area contributed by atoms with Gasteiger partial charge >= 0.3 is 6.09 Å². The van der Waals surface area contributed by atoms with E-state index in [1.165, 1.54) is 17.0 Å². The van der Waals surface area contributed by atoms with Gasteiger partial charge in [0.2, 0.25) is 5.91 Å². The highest BCUT2D eigenvalue weighted by Crippen LogP contribution is 2.21. The third-order valence-corrected chi connectivity index (χ3v) is 6.01. The third-order valence-electron chi connectivity index (χ3n) is 5.61. The molecule has 3 rings (SSSR count). The lowest BCUT2D eigenvalue weighted by Gasteiger charge is -2.28. The summed E-state index contributed by atoms with van der Waals surface area (Å²) in [4.78, 5) is 34.2. The second-order valence-corrected chi connectivity index (χ2v) is 11.2. The molecular weight excluding hydrogens is 579 g/mol. The van der Waals surface area contributed by atoms with Crippen LogP contribution in [0.1, 0.15) is 71.3 Å². The minimum Gasteiger partial charge on any atom is -0.444 e. The molecule has 1 fully saturated rings. The Balaban J connectivity index is 0.000000942. The molecule has 44 heavy (non-hydrogen) atoms. The summed E-state index contributed by atoms with van der Waals surface area (Å²) in [7, 11) is 0. The molecule has 0 bridgehead atoms. The van der Waals surface area contributed by atoms with Crippen LogP contribution in [0.5, 0.6) is 0 Å². The van der Waals surface area contributed by atoms with Crippen LogP contribution in [0.15, 0.2) is 59.5 Å². The Labute approximate surface area is 267 Å². The molecule has 1 atom stereocenters. The number of likely N-dealkylation sites (tertiary alicyclic amines) is 1. The molecule has 1 unspecified atom stereocenters. The number of aromatic nitrogens is 2. The van der Waals surface area contributed by atoms with Gasteiger partial charge in [0.25, 0.3) is 0 Å². The van der Waals surface area contributed by atoms with Gasteiger partial charge in [-0.3, -0.25) is 14.7 Å². The quantitative estimate of drug-likeness (QED) is 0.302. The lowest BCUT2D eigenvalue weighted by atomic mass is 10.2. The van der Waals surface area contributed by atoms with Gasteiger partial charge in [-0.15, -0.1) is 11.8 Å². The van der Waals surface area contributed by atoms with E-state index in [1.807, 2.05) is 63.8 Å². The number of aryl methyl sites for hydroxylation is 1. The van der Waals surface area contributed by atoms with E-state index in [0.29, 0.717) is 31.8 Å². The molecule has 9 nitrogen and oxygen atoms in total. The predicted molar refractivity (Wildman–Crippen MR) is 184 cm³/mol. The lowest BCUT2D eigenvalue weighted by Crippen LogP contribution is -2.48. The van der Waals surface area contributed by atoms with Crippen LogP contribution in [0, 0.1) is 12.7 Å². The molecule has 1 aromatic heterocycles. The Morgan fingerprint density at radius 1 is 1.27 bits per heavy atom. The van der Waals surface area contributed by atoms with Crippen molar-refractivity contribution in [3.63, 3.8) is 0 Å². The zero-order valence-corrected chi connectivity index (χ0v) is 28.4. The molecule has 0 saturated carbocycles. The lowest BCUT2D eigenvalue weighted by molar-refractivity contribution is -0.125. The van der Waals surface area contributed by atoms with Crippen molar-refractivity contribution in [1.29, 1.82) is 0 Å². The van der Waals surface area contributed by atoms with Crippen LogP contribution in [0.25, 0.3) is 12.2 Å². The van der Waals surface area contributed by atoms with Gasteiger partial charge in [0, 0.05) is 31.5 Å². The summed E-state index contributed by atoms with van der Waals surface area (Å²) in [5.74, 6) is -0.338. The Bertz CT molecular complexity index is 1190. The first kappa shape index (κ1) is 40.1. The number of thioether (sulfide) groups is 1. The van der Waals surface area contributed by atoms with Gasteiger partial charge in [-0.1, -0.05) is 38.1 Å². The molecule has 0 aliphatic carbocycles. The van der Waals surface area contributed by atoms with Crippen molar-refractivity contribution in [2.24, 2.45) is 10.7 Å². The molecule has 1 aromatic carbocycles. The number of carbonyl (C=O) groups is 2. The number of allylic oxidation sites excluding steroid dienone is 1. The normalized spacial score (nSPS) is 14.2. The van der Waals surface area contributed by atoms with Crippen molar-refractivity contribution in [3.8, 4) is 0 Å². The van der Waals surface area contributed by atoms with Crippen molar-refractivity contribution < 1.29 is 18.7 Å². The third kappa shape index (κ3) is 16.1. The Morgan fingerprint density at radius 2 is 1.91 bits per heavy atom. The van der Waals surface area contributed by atoms with Gasteiger partial charge in [0.1, 0.15) is 17.5 Å². The number of hydrogen-bond donors (Lipinski definition) is 2. The van der Waals surface area contributed by atoms with Gasteiger partial charge in [0.15, 0.2) is 0 Å². The van der Waals surface area contributed by atoms with Crippen molar-refractivity contribution in [3.05, 3.63) is 77.2 Å². The van der Waals surface area contributed by atoms with Crippen LogP contribution >= 0.6 is 11.8 Å². The van der Waals surface area contributed by atoms with Crippen LogP contribution < -0.4 is 11.1 Å². The number of rotatable bonds is 8. The first-order valence-corrected chi connectivity index (χ1v) is 15.9. The molecule has 3 N–H and O–H groups in total. The summed E-state index contributed by atoms with van der Waals surface area (Å²) in [5, 5.41) is 4.78. The summed E-state index contributed by atoms with van der Waals surface area (Å²) in [6.07, 6.45) is 9.80. The summed E-state index contributed by atoms with van der Waals surface area (Å²) < 4.78 is 19.4. The first-order chi connectivity index (χ1) is 20.8. The standard InChI is InChI=1S/C20H31N5O3.C7H7F.C4H7NS.C2H6/c1-6-15-17(12-14(2)21)24(13-23-15)11-9-22-18(26)16-8-7-10-25(16)19(27)28-20(3,4)5;1-6-2-4-7(8)5-3-6;1-5-3-4-6-2;1-2/h6,12-13,16H,1,7-11,21H2,2-5H3,(H,22,26);2-5H,1H3;3-4H,1H2,2H3;1-2H3/b14-12+;;4-3-;. The number of nitrogens with two attached hydrogens (primary N) is 1. The largest absolute Gasteiger partial charge is 0.444 e. The zero-order valence-electron chi connectivity index (χ0n) is 27.6. The number of amides is 2. The van der Waals surface area contributed by atoms with E-state index in [4.69, 9.17) is 10.5 Å². The predicted octanol–water partition coefficient (Wildman–Crippen LogP) is 7.04. The molecule has 2 amide bonds. The number of aliphatic imine (C=N–C) groups is 1. The number of nitrogens with one attached hydrogen (secondary N) is 1. The zero-order chi connectivity index (χ0) is 33.7. The van der Waals surface area contributed by atoms with Crippen LogP contribution in [0.2, 0.25) is 0 Å². The molecule has 1 aliphatic heterocycles. The molecule has 1 saturated heterocycles. The highest BCUT2D eigenvalue weighted by Gasteiger charge is 2.36. The maximum absolute atomic E-state index is 12.6. The Morgan fingerprint density at radius 3 is 2.39 bits per heavy atom. The number of carbonyl (C=O) groups excluding carboxylic acids is 2. The van der Waals surface area contributed by atoms with E-state index in [9.17, 15) is 14.0 Å². The van der Waals surface area contributed by atoms with Gasteiger partial charge < -0.3 is 20.4 Å². The summed E-state index contributed by atoms with van der Waals surface area (Å²) in [6.45, 7) is 21.7. The Kier molecular flexibility index (Phi) is 19.9. The van der Waals surface area contributed by atoms with Crippen molar-refractivity contribution >= 4 is 42.6 Å². The summed E-state index contributed by atoms with van der Waals surface area (Å²) in [5.41, 5.74) is 8.54. The summed E-state index contributed by atoms with van der Waals surface area (Å²) in [6, 6.07) is 5.90. The fourth-order valence-electron chi connectivity index (χ4n) is 3.75. The van der Waals surface area contributed by atoms with Gasteiger partial charge in [0.05, 0.1) is 17.7 Å². The number of nitrogens with zero attached hydrogens (tertiary/aromatic N) is 4. The molecule has 11 heteroatoms. The van der Waals surface area contributed by atoms with Crippen LogP contribution in [0.4, 0.5) is 9.18 Å². The first-order valence-electron chi connectivity index (χ1n) is 14.6. The Hall–Kier alpha value is -3.86. The average Bonchev–Trinajstić information content (AvgIpc) is 3.62. The van der Waals surface area contributed by atoms with Crippen molar-refractivity contribution in [2.75, 3.05) is 19.3 Å². The molecule has 0 spiro atoms. The van der Waals surface area contributed by atoms with E-state index in [2.05, 4.69) is 28.6 Å². The highest BCUT2D eigenvalue weighted by molar-refractivity contribution is 8.01. The fraction of sp³-hybridized carbons (Fsp3) is 0.455. The minimum absolute atomic E-state index is 0.167. The van der Waals surface area contributed by atoms with E-state index < -0.39 is 17.7 Å². The topological polar surface area (TPSA) is 115 Å². The van der Waals surface area contributed by atoms with E-state index in [1.54, 1.807) is 49.4 Å². The maximum atomic E-state index is 12.6. The van der Waals surface area contributed by atoms with Crippen LogP contribution in [-0.4, -0.2) is 64.2 Å². The van der Waals surface area contributed by atoms with Gasteiger partial charge in [-0.05, 0) is 90.1 Å². The van der Waals surface area contributed by atoms with E-state index >= 15 is 0 Å². The SMILES string of the molecule is C=Cc1ncn(CCNC(=O)C2CCCN2C(=O)OC(C)(C)C)c1/C=C(\C)N.C=N/C=C\SC.CC.Cc1ccc(F)cc1. The van der Waals surface area contributed by atoms with E-state index in [-0.39, 0.29) is 11.7 Å². The molecule has 1 aliphatic rings. The number of benzene rings is 1. The van der Waals surface area contributed by atoms with Crippen LogP contribution in [-0.2, 0) is 16.1 Å². The molecule has 0 radical (unpaired) electrons. The maximum Gasteiger partial charge on any atom is 0.410 e. The smallest absolute Gasteiger partial charge is 0.410 e. The van der Waals surface area contributed by atoms with E-state index in [0.717, 1.165) is 23.4 Å². The minimum atomic E-state index is -0.587. The van der Waals surface area contributed by atoms with Gasteiger partial charge in [-0.2, -0.15) is 0 Å². The number of hydrogen-bond acceptors (Lipinski definition) is 7.